The monoisotopic (exact) mass is 557 g/mol. The summed E-state index contributed by atoms with van der Waals surface area (Å²) in [4.78, 5) is 0. The summed E-state index contributed by atoms with van der Waals surface area (Å²) in [6, 6.07) is 3.06. The Hall–Kier alpha value is 0.521. The lowest BCUT2D eigenvalue weighted by Crippen LogP contribution is -2.55. The molecule has 4 N–H and O–H groups in total. The van der Waals surface area contributed by atoms with E-state index < -0.39 is 40.7 Å². The van der Waals surface area contributed by atoms with Gasteiger partial charge in [-0.3, -0.25) is 0 Å². The number of hydrogen-bond donors (Lipinski definition) is 2. The Morgan fingerprint density at radius 1 is 0.688 bits per heavy atom. The van der Waals surface area contributed by atoms with Crippen LogP contribution in [0.1, 0.15) is 4.28 Å². The standard InChI is InChI=1S/C8H22Si2.C6H19NSi2.C5H12Si.C3H10Si.C2H.H3N.3H2/c1-9(2,3)7-8-10(4,5)6;1-8(2,3)7-9(4,5)6;1-5-6(2,3)4;1-4(2)3;1-2;;;;/h7-8H2,1-6H3;7H,1-6H3;5H,1H2,2-4H3;4H,1-3H3;1H;1H3;3*1H/q;;;;-1;;;;. The highest BCUT2D eigenvalue weighted by Crippen LogP contribution is 2.19. The first-order valence-electron chi connectivity index (χ1n) is 11.9. The third kappa shape index (κ3) is 97.5. The van der Waals surface area contributed by atoms with Gasteiger partial charge in [-0.15, -0.1) is 12.3 Å². The van der Waals surface area contributed by atoms with Crippen molar-refractivity contribution in [1.82, 2.24) is 10.8 Å². The highest BCUT2D eigenvalue weighted by molar-refractivity contribution is 6.90. The van der Waals surface area contributed by atoms with Crippen molar-refractivity contribution in [2.75, 3.05) is 0 Å². The molecule has 0 aliphatic rings. The first-order chi connectivity index (χ1) is 13.2. The number of rotatable bonds is 6. The van der Waals surface area contributed by atoms with E-state index in [1.165, 1.54) is 12.1 Å². The molecule has 0 spiro atoms. The van der Waals surface area contributed by atoms with E-state index in [0.29, 0.717) is 0 Å². The molecule has 2 nitrogen and oxygen atoms in total. The Kier molecular flexibility index (Phi) is 29.9. The SMILES string of the molecule is C=C[Si](C)(C)C.C[SiH](C)C.C[Si](C)(C)CC[Si](C)(C)C.C[Si](C)(C)N[Si](C)(C)C.N.[C-]#C.[HH].[HH].[HH]. The second-order valence-electron chi connectivity index (χ2n) is 14.5. The molecule has 0 saturated heterocycles. The van der Waals surface area contributed by atoms with Gasteiger partial charge >= 0.3 is 0 Å². The van der Waals surface area contributed by atoms with Gasteiger partial charge in [0.25, 0.3) is 0 Å². The van der Waals surface area contributed by atoms with E-state index in [0.717, 1.165) is 0 Å². The quantitative estimate of drug-likeness (QED) is 0.194. The minimum Gasteiger partial charge on any atom is -0.697 e. The second kappa shape index (κ2) is 20.9. The fourth-order valence-corrected chi connectivity index (χ4v) is 16.9. The molecule has 32 heavy (non-hydrogen) atoms. The van der Waals surface area contributed by atoms with Gasteiger partial charge in [-0.05, 0) is 0 Å². The van der Waals surface area contributed by atoms with Crippen molar-refractivity contribution in [3.05, 3.63) is 18.7 Å². The van der Waals surface area contributed by atoms with E-state index in [4.69, 9.17) is 6.42 Å². The summed E-state index contributed by atoms with van der Waals surface area (Å²) in [7, 11) is -4.43. The van der Waals surface area contributed by atoms with Gasteiger partial charge in [0.1, 0.15) is 16.5 Å². The minimum atomic E-state index is -0.981. The first kappa shape index (κ1) is 45.9. The molecule has 0 saturated carbocycles. The highest BCUT2D eigenvalue weighted by Gasteiger charge is 2.22. The lowest BCUT2D eigenvalue weighted by atomic mass is 10.9. The molecule has 0 aliphatic carbocycles. The van der Waals surface area contributed by atoms with Crippen LogP contribution >= 0.6 is 0 Å². The van der Waals surface area contributed by atoms with Crippen LogP contribution in [0.25, 0.3) is 0 Å². The molecule has 0 aliphatic heterocycles. The van der Waals surface area contributed by atoms with Gasteiger partial charge in [-0.2, -0.15) is 0 Å². The van der Waals surface area contributed by atoms with Crippen molar-refractivity contribution in [3.63, 3.8) is 0 Å². The molecule has 0 heterocycles. The van der Waals surface area contributed by atoms with Crippen LogP contribution in [-0.2, 0) is 0 Å². The van der Waals surface area contributed by atoms with Gasteiger partial charge < -0.3 is 23.6 Å². The van der Waals surface area contributed by atoms with Crippen LogP contribution in [0.4, 0.5) is 0 Å². The maximum atomic E-state index is 5.25. The predicted octanol–water partition coefficient (Wildman–Crippen LogP) is 10.2. The van der Waals surface area contributed by atoms with Crippen LogP contribution < -0.4 is 10.8 Å². The minimum absolute atomic E-state index is 0. The molecule has 0 aromatic heterocycles. The van der Waals surface area contributed by atoms with E-state index >= 15 is 0 Å². The Labute approximate surface area is 219 Å². The van der Waals surface area contributed by atoms with Crippen LogP contribution in [0.15, 0.2) is 12.3 Å². The number of nitrogens with one attached hydrogen (secondary N) is 1. The molecule has 0 radical (unpaired) electrons. The van der Waals surface area contributed by atoms with Gasteiger partial charge in [0.2, 0.25) is 0 Å². The second-order valence-corrected chi connectivity index (χ2v) is 44.4. The highest BCUT2D eigenvalue weighted by atomic mass is 28.4. The van der Waals surface area contributed by atoms with Crippen LogP contribution in [0.3, 0.4) is 0 Å². The van der Waals surface area contributed by atoms with Crippen molar-refractivity contribution in [2.45, 2.75) is 130 Å². The van der Waals surface area contributed by atoms with Crippen LogP contribution in [0, 0.1) is 12.8 Å². The third-order valence-electron chi connectivity index (χ3n) is 2.99. The summed E-state index contributed by atoms with van der Waals surface area (Å²) in [5, 5.41) is 0. The lowest BCUT2D eigenvalue weighted by molar-refractivity contribution is 1.27. The molecule has 0 fully saturated rings. The summed E-state index contributed by atoms with van der Waals surface area (Å²) < 4.78 is 3.74. The zero-order chi connectivity index (χ0) is 26.9. The molecule has 204 valence electrons. The van der Waals surface area contributed by atoms with Gasteiger partial charge in [-0.1, -0.05) is 130 Å². The Morgan fingerprint density at radius 3 is 0.875 bits per heavy atom. The van der Waals surface area contributed by atoms with Crippen molar-refractivity contribution < 1.29 is 4.28 Å². The summed E-state index contributed by atoms with van der Waals surface area (Å²) in [5.41, 5.74) is 2.08. The maximum Gasteiger partial charge on any atom is 0.109 e. The summed E-state index contributed by atoms with van der Waals surface area (Å²) in [6.07, 6.45) is 9.00. The lowest BCUT2D eigenvalue weighted by Gasteiger charge is -2.28. The van der Waals surface area contributed by atoms with E-state index in [1.807, 2.05) is 0 Å². The van der Waals surface area contributed by atoms with Crippen LogP contribution in [0.5, 0.6) is 0 Å². The van der Waals surface area contributed by atoms with E-state index in [1.54, 1.807) is 0 Å². The molecule has 0 amide bonds. The van der Waals surface area contributed by atoms with Crippen molar-refractivity contribution in [1.29, 1.82) is 0 Å². The number of hydrogen-bond acceptors (Lipinski definition) is 2. The molecule has 0 atom stereocenters. The third-order valence-corrected chi connectivity index (χ3v) is 14.2. The van der Waals surface area contributed by atoms with Gasteiger partial charge in [0.15, 0.2) is 0 Å². The maximum absolute atomic E-state index is 5.25. The average molecular weight is 558 g/mol. The smallest absolute Gasteiger partial charge is 0.109 e. The molecule has 0 bridgehead atoms. The Bertz CT molecular complexity index is 415. The number of terminal acetylenes is 1. The molecule has 0 unspecified atom stereocenters. The van der Waals surface area contributed by atoms with Crippen LogP contribution in [0.2, 0.25) is 130 Å². The summed E-state index contributed by atoms with van der Waals surface area (Å²) in [6.45, 7) is 46.3. The van der Waals surface area contributed by atoms with Crippen molar-refractivity contribution in [2.24, 2.45) is 0 Å². The Balaban J connectivity index is -0.0000000359. The van der Waals surface area contributed by atoms with Gasteiger partial charge in [0, 0.05) is 29.2 Å². The molecule has 0 aromatic carbocycles. The normalized spacial score (nSPS) is 11.5. The first-order valence-corrected chi connectivity index (χ1v) is 33.4. The van der Waals surface area contributed by atoms with Crippen molar-refractivity contribution >= 4 is 49.5 Å². The Morgan fingerprint density at radius 2 is 0.844 bits per heavy atom. The zero-order valence-electron chi connectivity index (χ0n) is 26.1. The molecular weight excluding hydrogens is 485 g/mol. The molecule has 8 heteroatoms. The molecule has 0 aromatic rings. The molecule has 0 rings (SSSR count). The van der Waals surface area contributed by atoms with Crippen LogP contribution in [-0.4, -0.2) is 49.5 Å². The van der Waals surface area contributed by atoms with E-state index in [-0.39, 0.29) is 19.2 Å². The zero-order valence-corrected chi connectivity index (χ0v) is 32.2. The van der Waals surface area contributed by atoms with E-state index in [9.17, 15) is 0 Å². The summed E-state index contributed by atoms with van der Waals surface area (Å²) >= 11 is 0. The van der Waals surface area contributed by atoms with Crippen molar-refractivity contribution in [3.8, 4) is 6.42 Å². The molecular formula is C24H73N2Si6-. The predicted molar refractivity (Wildman–Crippen MR) is 184 cm³/mol. The van der Waals surface area contributed by atoms with E-state index in [2.05, 4.69) is 141 Å². The fourth-order valence-electron chi connectivity index (χ4n) is 1.88. The fraction of sp³-hybridized carbons (Fsp3) is 0.833. The topological polar surface area (TPSA) is 47.0 Å². The largest absolute Gasteiger partial charge is 0.697 e. The average Bonchev–Trinajstić information content (AvgIpc) is 2.42. The summed E-state index contributed by atoms with van der Waals surface area (Å²) in [5.74, 6) is 0. The van der Waals surface area contributed by atoms with Gasteiger partial charge in [0.05, 0.1) is 8.07 Å². The van der Waals surface area contributed by atoms with Gasteiger partial charge in [-0.25, -0.2) is 0 Å².